The van der Waals surface area contributed by atoms with Crippen LogP contribution in [0.15, 0.2) is 95.9 Å². The Morgan fingerprint density at radius 3 is 2.16 bits per heavy atom. The van der Waals surface area contributed by atoms with Crippen LogP contribution in [0.2, 0.25) is 15.1 Å². The first kappa shape index (κ1) is 36.7. The van der Waals surface area contributed by atoms with Crippen molar-refractivity contribution in [2.75, 3.05) is 10.8 Å². The van der Waals surface area contributed by atoms with Crippen molar-refractivity contribution in [2.45, 2.75) is 75.9 Å². The van der Waals surface area contributed by atoms with Crippen molar-refractivity contribution < 1.29 is 18.0 Å². The van der Waals surface area contributed by atoms with Crippen molar-refractivity contribution in [3.05, 3.63) is 128 Å². The molecule has 1 saturated carbocycles. The van der Waals surface area contributed by atoms with Crippen LogP contribution in [-0.2, 0) is 32.6 Å². The van der Waals surface area contributed by atoms with Crippen LogP contribution in [0.1, 0.15) is 54.4 Å². The quantitative estimate of drug-likeness (QED) is 0.158. The summed E-state index contributed by atoms with van der Waals surface area (Å²) in [5.74, 6) is -0.851. The molecular weight excluding hydrogens is 701 g/mol. The molecule has 5 rings (SSSR count). The largest absolute Gasteiger partial charge is 0.352 e. The van der Waals surface area contributed by atoms with E-state index >= 15 is 0 Å². The van der Waals surface area contributed by atoms with Crippen LogP contribution in [0.5, 0.6) is 0 Å². The highest BCUT2D eigenvalue weighted by atomic mass is 35.5. The highest BCUT2D eigenvalue weighted by Crippen LogP contribution is 2.30. The van der Waals surface area contributed by atoms with E-state index in [-0.39, 0.29) is 29.8 Å². The number of rotatable bonds is 12. The summed E-state index contributed by atoms with van der Waals surface area (Å²) in [6, 6.07) is 24.9. The number of sulfonamides is 1. The summed E-state index contributed by atoms with van der Waals surface area (Å²) in [6.45, 7) is 3.03. The lowest BCUT2D eigenvalue weighted by Crippen LogP contribution is -2.55. The SMILES string of the molecule is Cc1ccc(S(=O)(=O)N(CC(=O)N(Cc2ccc(Cl)c(Cl)c2)[C@H](Cc2ccccc2)C(=O)NC2CCCCC2)c2ccc(Cl)cc2C)cc1. The zero-order valence-electron chi connectivity index (χ0n) is 27.5. The molecule has 0 aliphatic heterocycles. The van der Waals surface area contributed by atoms with Gasteiger partial charge in [0.05, 0.1) is 20.6 Å². The van der Waals surface area contributed by atoms with Crippen LogP contribution in [0.3, 0.4) is 0 Å². The fourth-order valence-corrected chi connectivity index (χ4v) is 8.21. The molecule has 258 valence electrons. The van der Waals surface area contributed by atoms with Crippen molar-refractivity contribution in [2.24, 2.45) is 0 Å². The van der Waals surface area contributed by atoms with Crippen LogP contribution in [0, 0.1) is 13.8 Å². The second-order valence-electron chi connectivity index (χ2n) is 12.6. The monoisotopic (exact) mass is 739 g/mol. The zero-order valence-corrected chi connectivity index (χ0v) is 30.6. The molecule has 1 aliphatic rings. The van der Waals surface area contributed by atoms with E-state index in [9.17, 15) is 18.0 Å². The van der Waals surface area contributed by atoms with Crippen molar-refractivity contribution in [1.82, 2.24) is 10.2 Å². The number of carbonyl (C=O) groups excluding carboxylic acids is 2. The highest BCUT2D eigenvalue weighted by molar-refractivity contribution is 7.92. The lowest BCUT2D eigenvalue weighted by molar-refractivity contribution is -0.140. The predicted molar refractivity (Wildman–Crippen MR) is 198 cm³/mol. The van der Waals surface area contributed by atoms with Gasteiger partial charge in [0, 0.05) is 24.0 Å². The standard InChI is InChI=1S/C38H40Cl3N3O4S/c1-26-13-17-32(18-14-26)49(47,48)44(35-20-16-30(39)21-27(35)2)25-37(45)43(24-29-15-19-33(40)34(41)22-29)36(23-28-9-5-3-6-10-28)38(46)42-31-11-7-4-8-12-31/h3,5-6,9-10,13-22,31,36H,4,7-8,11-12,23-25H2,1-2H3,(H,42,46)/t36-/m1/s1. The van der Waals surface area contributed by atoms with Gasteiger partial charge in [-0.25, -0.2) is 8.42 Å². The molecule has 0 bridgehead atoms. The molecular formula is C38H40Cl3N3O4S. The minimum Gasteiger partial charge on any atom is -0.352 e. The number of amides is 2. The second-order valence-corrected chi connectivity index (χ2v) is 15.7. The maximum Gasteiger partial charge on any atom is 0.264 e. The molecule has 4 aromatic rings. The lowest BCUT2D eigenvalue weighted by atomic mass is 9.94. The maximum absolute atomic E-state index is 14.8. The zero-order chi connectivity index (χ0) is 35.1. The summed E-state index contributed by atoms with van der Waals surface area (Å²) < 4.78 is 29.8. The molecule has 49 heavy (non-hydrogen) atoms. The Kier molecular flexibility index (Phi) is 12.3. The minimum atomic E-state index is -4.24. The third-order valence-corrected chi connectivity index (χ3v) is 11.6. The van der Waals surface area contributed by atoms with E-state index in [1.165, 1.54) is 17.0 Å². The van der Waals surface area contributed by atoms with E-state index < -0.39 is 28.5 Å². The van der Waals surface area contributed by atoms with Gasteiger partial charge in [0.15, 0.2) is 0 Å². The number of nitrogens with one attached hydrogen (secondary N) is 1. The van der Waals surface area contributed by atoms with Crippen LogP contribution in [0.25, 0.3) is 0 Å². The Balaban J connectivity index is 1.59. The number of anilines is 1. The van der Waals surface area contributed by atoms with Crippen LogP contribution in [-0.4, -0.2) is 43.8 Å². The molecule has 11 heteroatoms. The molecule has 1 aliphatic carbocycles. The summed E-state index contributed by atoms with van der Waals surface area (Å²) in [5, 5.41) is 4.31. The first-order valence-corrected chi connectivity index (χ1v) is 18.9. The van der Waals surface area contributed by atoms with Crippen LogP contribution in [0.4, 0.5) is 5.69 Å². The first-order chi connectivity index (χ1) is 23.4. The first-order valence-electron chi connectivity index (χ1n) is 16.4. The molecule has 0 spiro atoms. The fourth-order valence-electron chi connectivity index (χ4n) is 6.18. The normalized spacial score (nSPS) is 14.2. The third-order valence-electron chi connectivity index (χ3n) is 8.87. The molecule has 1 N–H and O–H groups in total. The summed E-state index contributed by atoms with van der Waals surface area (Å²) in [7, 11) is -4.24. The topological polar surface area (TPSA) is 86.8 Å². The van der Waals surface area contributed by atoms with E-state index in [1.54, 1.807) is 55.5 Å². The fraction of sp³-hybridized carbons (Fsp3) is 0.316. The molecule has 2 amide bonds. The number of benzene rings is 4. The molecule has 0 heterocycles. The maximum atomic E-state index is 14.8. The smallest absolute Gasteiger partial charge is 0.264 e. The molecule has 0 aromatic heterocycles. The van der Waals surface area contributed by atoms with Gasteiger partial charge in [0.25, 0.3) is 10.0 Å². The Bertz CT molecular complexity index is 1880. The molecule has 0 radical (unpaired) electrons. The van der Waals surface area contributed by atoms with E-state index in [1.807, 2.05) is 37.3 Å². The van der Waals surface area contributed by atoms with E-state index in [2.05, 4.69) is 5.32 Å². The average Bonchev–Trinajstić information content (AvgIpc) is 3.08. The van der Waals surface area contributed by atoms with Crippen molar-refractivity contribution in [3.8, 4) is 0 Å². The molecule has 1 atom stereocenters. The predicted octanol–water partition coefficient (Wildman–Crippen LogP) is 8.55. The average molecular weight is 741 g/mol. The Morgan fingerprint density at radius 2 is 1.51 bits per heavy atom. The van der Waals surface area contributed by atoms with Crippen LogP contribution < -0.4 is 9.62 Å². The van der Waals surface area contributed by atoms with Gasteiger partial charge in [-0.2, -0.15) is 0 Å². The van der Waals surface area contributed by atoms with E-state index in [4.69, 9.17) is 34.8 Å². The number of carbonyl (C=O) groups is 2. The minimum absolute atomic E-state index is 0.00316. The molecule has 4 aromatic carbocycles. The number of halogens is 3. The van der Waals surface area contributed by atoms with Crippen molar-refractivity contribution in [3.63, 3.8) is 0 Å². The van der Waals surface area contributed by atoms with Gasteiger partial charge < -0.3 is 10.2 Å². The van der Waals surface area contributed by atoms with Gasteiger partial charge in [-0.05, 0) is 85.8 Å². The van der Waals surface area contributed by atoms with Gasteiger partial charge in [-0.1, -0.05) is 108 Å². The Morgan fingerprint density at radius 1 is 0.816 bits per heavy atom. The molecule has 0 saturated heterocycles. The number of hydrogen-bond acceptors (Lipinski definition) is 4. The molecule has 7 nitrogen and oxygen atoms in total. The van der Waals surface area contributed by atoms with Crippen molar-refractivity contribution in [1.29, 1.82) is 0 Å². The highest BCUT2D eigenvalue weighted by Gasteiger charge is 2.36. The third kappa shape index (κ3) is 9.37. The van der Waals surface area contributed by atoms with Gasteiger partial charge in [-0.3, -0.25) is 13.9 Å². The summed E-state index contributed by atoms with van der Waals surface area (Å²) >= 11 is 18.9. The Labute approximate surface area is 304 Å². The Hall–Kier alpha value is -3.56. The van der Waals surface area contributed by atoms with Crippen molar-refractivity contribution >= 4 is 62.3 Å². The summed E-state index contributed by atoms with van der Waals surface area (Å²) in [4.78, 5) is 30.5. The van der Waals surface area contributed by atoms with E-state index in [0.29, 0.717) is 31.9 Å². The number of nitrogens with zero attached hydrogens (tertiary/aromatic N) is 2. The summed E-state index contributed by atoms with van der Waals surface area (Å²) in [6.07, 6.45) is 5.11. The van der Waals surface area contributed by atoms with E-state index in [0.717, 1.165) is 47.5 Å². The van der Waals surface area contributed by atoms with Crippen LogP contribution >= 0.6 is 34.8 Å². The second kappa shape index (κ2) is 16.4. The van der Waals surface area contributed by atoms with Gasteiger partial charge in [-0.15, -0.1) is 0 Å². The van der Waals surface area contributed by atoms with Gasteiger partial charge >= 0.3 is 0 Å². The number of hydrogen-bond donors (Lipinski definition) is 1. The summed E-state index contributed by atoms with van der Waals surface area (Å²) in [5.41, 5.74) is 3.27. The molecule has 0 unspecified atom stereocenters. The molecule has 1 fully saturated rings. The number of aryl methyl sites for hydroxylation is 2. The van der Waals surface area contributed by atoms with Gasteiger partial charge in [0.2, 0.25) is 11.8 Å². The lowest BCUT2D eigenvalue weighted by Gasteiger charge is -2.35. The van der Waals surface area contributed by atoms with Gasteiger partial charge in [0.1, 0.15) is 12.6 Å².